The molecule has 0 atom stereocenters. The molecular weight excluding hydrogens is 341 g/mol. The summed E-state index contributed by atoms with van der Waals surface area (Å²) in [6, 6.07) is 4.16. The lowest BCUT2D eigenvalue weighted by molar-refractivity contribution is -0.207. The highest BCUT2D eigenvalue weighted by atomic mass is 19.1. The fraction of sp³-hybridized carbons (Fsp3) is 0.579. The molecular formula is C19H26FNO5. The smallest absolute Gasteiger partial charge is 0.330 e. The Balaban J connectivity index is 1.91. The third-order valence-corrected chi connectivity index (χ3v) is 3.97. The van der Waals surface area contributed by atoms with Gasteiger partial charge in [-0.2, -0.15) is 0 Å². The maximum Gasteiger partial charge on any atom is 0.330 e. The molecule has 1 aliphatic heterocycles. The summed E-state index contributed by atoms with van der Waals surface area (Å²) in [5.41, 5.74) is -0.0608. The molecule has 1 heterocycles. The van der Waals surface area contributed by atoms with Gasteiger partial charge in [0.2, 0.25) is 0 Å². The number of rotatable bonds is 5. The third-order valence-electron chi connectivity index (χ3n) is 3.97. The maximum atomic E-state index is 13.5. The molecule has 0 aliphatic carbocycles. The molecule has 0 bridgehead atoms. The molecule has 26 heavy (non-hydrogen) atoms. The van der Waals surface area contributed by atoms with Crippen molar-refractivity contribution in [2.75, 3.05) is 13.1 Å². The van der Waals surface area contributed by atoms with Crippen LogP contribution in [0.25, 0.3) is 0 Å². The van der Waals surface area contributed by atoms with Crippen LogP contribution >= 0.6 is 0 Å². The highest BCUT2D eigenvalue weighted by Crippen LogP contribution is 2.26. The molecule has 7 heteroatoms. The van der Waals surface area contributed by atoms with Crippen LogP contribution in [0.15, 0.2) is 18.2 Å². The van der Waals surface area contributed by atoms with Crippen molar-refractivity contribution in [3.05, 3.63) is 29.6 Å². The highest BCUT2D eigenvalue weighted by molar-refractivity contribution is 5.75. The summed E-state index contributed by atoms with van der Waals surface area (Å²) >= 11 is 0. The molecule has 0 unspecified atom stereocenters. The van der Waals surface area contributed by atoms with Crippen LogP contribution in [0.1, 0.15) is 46.1 Å². The zero-order chi connectivity index (χ0) is 19.3. The lowest BCUT2D eigenvalue weighted by atomic mass is 9.98. The molecule has 1 aliphatic rings. The van der Waals surface area contributed by atoms with Gasteiger partial charge >= 0.3 is 11.9 Å². The first-order valence-electron chi connectivity index (χ1n) is 8.71. The summed E-state index contributed by atoms with van der Waals surface area (Å²) in [5, 5.41) is 1.65. The molecule has 0 radical (unpaired) electrons. The van der Waals surface area contributed by atoms with Crippen LogP contribution < -0.4 is 4.74 Å². The number of benzene rings is 1. The van der Waals surface area contributed by atoms with E-state index < -0.39 is 17.2 Å². The minimum atomic E-state index is -0.549. The molecule has 1 aromatic rings. The van der Waals surface area contributed by atoms with Gasteiger partial charge in [-0.1, -0.05) is 0 Å². The van der Waals surface area contributed by atoms with E-state index in [2.05, 4.69) is 0 Å². The Labute approximate surface area is 153 Å². The normalized spacial score (nSPS) is 16.2. The van der Waals surface area contributed by atoms with Crippen molar-refractivity contribution in [2.24, 2.45) is 5.41 Å². The summed E-state index contributed by atoms with van der Waals surface area (Å²) in [5.74, 6) is -0.616. The van der Waals surface area contributed by atoms with Crippen molar-refractivity contribution in [2.45, 2.75) is 53.2 Å². The van der Waals surface area contributed by atoms with Gasteiger partial charge < -0.3 is 14.3 Å². The van der Waals surface area contributed by atoms with E-state index in [1.165, 1.54) is 19.1 Å². The van der Waals surface area contributed by atoms with Crippen molar-refractivity contribution < 1.29 is 28.3 Å². The molecule has 6 nitrogen and oxygen atoms in total. The number of carbonyl (C=O) groups excluding carboxylic acids is 2. The fourth-order valence-electron chi connectivity index (χ4n) is 2.43. The van der Waals surface area contributed by atoms with Crippen LogP contribution in [0.2, 0.25) is 0 Å². The summed E-state index contributed by atoms with van der Waals surface area (Å²) in [4.78, 5) is 28.3. The number of halogens is 1. The first-order valence-corrected chi connectivity index (χ1v) is 8.71. The van der Waals surface area contributed by atoms with Crippen molar-refractivity contribution in [1.82, 2.24) is 5.06 Å². The van der Waals surface area contributed by atoms with Crippen LogP contribution in [0.5, 0.6) is 5.75 Å². The van der Waals surface area contributed by atoms with E-state index >= 15 is 0 Å². The lowest BCUT2D eigenvalue weighted by Gasteiger charge is -2.32. The van der Waals surface area contributed by atoms with E-state index in [-0.39, 0.29) is 18.7 Å². The number of hydrogen-bond acceptors (Lipinski definition) is 6. The second-order valence-corrected chi connectivity index (χ2v) is 7.41. The number of ether oxygens (including phenoxy) is 2. The number of carbonyl (C=O) groups is 2. The molecule has 1 fully saturated rings. The minimum Gasteiger partial charge on any atom is -0.490 e. The van der Waals surface area contributed by atoms with Crippen LogP contribution in [0.3, 0.4) is 0 Å². The van der Waals surface area contributed by atoms with Gasteiger partial charge in [-0.05, 0) is 39.0 Å². The van der Waals surface area contributed by atoms with E-state index in [9.17, 15) is 14.0 Å². The number of nitrogens with zero attached hydrogens (tertiary/aromatic N) is 1. The molecule has 144 valence electrons. The molecule has 1 aromatic carbocycles. The van der Waals surface area contributed by atoms with Crippen LogP contribution in [0.4, 0.5) is 4.39 Å². The first kappa shape index (κ1) is 20.2. The van der Waals surface area contributed by atoms with E-state index in [4.69, 9.17) is 14.3 Å². The Hall–Kier alpha value is -2.15. The molecule has 0 aromatic heterocycles. The van der Waals surface area contributed by atoms with E-state index in [0.717, 1.165) is 0 Å². The quantitative estimate of drug-likeness (QED) is 0.745. The Morgan fingerprint density at radius 2 is 1.88 bits per heavy atom. The van der Waals surface area contributed by atoms with Gasteiger partial charge in [0.25, 0.3) is 0 Å². The Morgan fingerprint density at radius 1 is 1.23 bits per heavy atom. The predicted octanol–water partition coefficient (Wildman–Crippen LogP) is 3.24. The number of hydrogen-bond donors (Lipinski definition) is 0. The van der Waals surface area contributed by atoms with Crippen molar-refractivity contribution in [3.8, 4) is 5.75 Å². The zero-order valence-corrected chi connectivity index (χ0v) is 15.7. The van der Waals surface area contributed by atoms with Gasteiger partial charge in [-0.3, -0.25) is 4.79 Å². The maximum absolute atomic E-state index is 13.5. The second kappa shape index (κ2) is 8.49. The summed E-state index contributed by atoms with van der Waals surface area (Å²) in [6.45, 7) is 7.82. The lowest BCUT2D eigenvalue weighted by Crippen LogP contribution is -2.41. The summed E-state index contributed by atoms with van der Waals surface area (Å²) < 4.78 is 24.4. The number of hydroxylamine groups is 2. The first-order chi connectivity index (χ1) is 12.1. The van der Waals surface area contributed by atoms with Crippen molar-refractivity contribution in [3.63, 3.8) is 0 Å². The van der Waals surface area contributed by atoms with Gasteiger partial charge in [-0.15, -0.1) is 5.06 Å². The number of piperidine rings is 1. The topological polar surface area (TPSA) is 65.1 Å². The van der Waals surface area contributed by atoms with Crippen LogP contribution in [-0.4, -0.2) is 36.2 Å². The van der Waals surface area contributed by atoms with Crippen molar-refractivity contribution >= 4 is 11.9 Å². The average Bonchev–Trinajstić information content (AvgIpc) is 2.55. The standard InChI is InChI=1S/C19H26FNO5/c1-13(22)24-12-14-11-15(20)5-6-17(14)25-16-7-9-21(10-8-16)26-18(23)19(2,3)4/h5-6,11,16H,7-10,12H2,1-4H3. The molecule has 0 N–H and O–H groups in total. The molecule has 2 rings (SSSR count). The third kappa shape index (κ3) is 5.98. The van der Waals surface area contributed by atoms with Gasteiger partial charge in [0.05, 0.1) is 5.41 Å². The molecule has 0 amide bonds. The van der Waals surface area contributed by atoms with Crippen LogP contribution in [0, 0.1) is 11.2 Å². The number of esters is 1. The molecule has 0 saturated carbocycles. The monoisotopic (exact) mass is 367 g/mol. The fourth-order valence-corrected chi connectivity index (χ4v) is 2.43. The van der Waals surface area contributed by atoms with Gasteiger partial charge in [0, 0.05) is 38.4 Å². The van der Waals surface area contributed by atoms with E-state index in [0.29, 0.717) is 37.2 Å². The van der Waals surface area contributed by atoms with Gasteiger partial charge in [0.15, 0.2) is 0 Å². The summed E-state index contributed by atoms with van der Waals surface area (Å²) in [6.07, 6.45) is 1.25. The van der Waals surface area contributed by atoms with E-state index in [1.807, 2.05) is 20.8 Å². The Kier molecular flexibility index (Phi) is 6.58. The Bertz CT molecular complexity index is 648. The average molecular weight is 367 g/mol. The Morgan fingerprint density at radius 3 is 2.46 bits per heavy atom. The predicted molar refractivity (Wildman–Crippen MR) is 92.6 cm³/mol. The van der Waals surface area contributed by atoms with E-state index in [1.54, 1.807) is 11.1 Å². The molecule has 0 spiro atoms. The largest absolute Gasteiger partial charge is 0.490 e. The highest BCUT2D eigenvalue weighted by Gasteiger charge is 2.29. The minimum absolute atomic E-state index is 0.0372. The zero-order valence-electron chi connectivity index (χ0n) is 15.7. The summed E-state index contributed by atoms with van der Waals surface area (Å²) in [7, 11) is 0. The second-order valence-electron chi connectivity index (χ2n) is 7.41. The van der Waals surface area contributed by atoms with Gasteiger partial charge in [-0.25, -0.2) is 9.18 Å². The van der Waals surface area contributed by atoms with Crippen molar-refractivity contribution in [1.29, 1.82) is 0 Å². The van der Waals surface area contributed by atoms with Gasteiger partial charge in [0.1, 0.15) is 24.3 Å². The van der Waals surface area contributed by atoms with Crippen LogP contribution in [-0.2, 0) is 25.8 Å². The molecule has 1 saturated heterocycles. The SMILES string of the molecule is CC(=O)OCc1cc(F)ccc1OC1CCN(OC(=O)C(C)(C)C)CC1.